The van der Waals surface area contributed by atoms with Gasteiger partial charge in [-0.2, -0.15) is 4.31 Å². The van der Waals surface area contributed by atoms with Crippen LogP contribution in [0.1, 0.15) is 27.6 Å². The maximum Gasteiger partial charge on any atom is 0.258 e. The number of hydrogen-bond donors (Lipinski definition) is 1. The zero-order valence-corrected chi connectivity index (χ0v) is 13.4. The van der Waals surface area contributed by atoms with E-state index in [2.05, 4.69) is 0 Å². The molecule has 5 nitrogen and oxygen atoms in total. The molecule has 0 spiro atoms. The Morgan fingerprint density at radius 2 is 2.00 bits per heavy atom. The van der Waals surface area contributed by atoms with Crippen molar-refractivity contribution in [3.05, 3.63) is 52.2 Å². The zero-order chi connectivity index (χ0) is 15.7. The summed E-state index contributed by atoms with van der Waals surface area (Å²) in [6.07, 6.45) is 0.802. The van der Waals surface area contributed by atoms with Crippen LogP contribution in [-0.4, -0.2) is 31.7 Å². The number of rotatable bonds is 4. The van der Waals surface area contributed by atoms with Gasteiger partial charge in [0.05, 0.1) is 9.77 Å². The van der Waals surface area contributed by atoms with Gasteiger partial charge in [0, 0.05) is 18.5 Å². The maximum atomic E-state index is 12.6. The van der Waals surface area contributed by atoms with Crippen molar-refractivity contribution in [2.24, 2.45) is 5.73 Å². The average Bonchev–Trinajstić information content (AvgIpc) is 3.18. The number of sulfonamides is 1. The predicted molar refractivity (Wildman–Crippen MR) is 85.4 cm³/mol. The van der Waals surface area contributed by atoms with E-state index in [0.29, 0.717) is 13.1 Å². The lowest BCUT2D eigenvalue weighted by molar-refractivity contribution is 0.100. The van der Waals surface area contributed by atoms with Gasteiger partial charge in [0.25, 0.3) is 5.91 Å². The molecule has 22 heavy (non-hydrogen) atoms. The zero-order valence-electron chi connectivity index (χ0n) is 11.8. The fourth-order valence-electron chi connectivity index (χ4n) is 2.68. The molecule has 2 aromatic rings. The molecular formula is C15H16N2O3S2. The molecule has 1 aliphatic heterocycles. The molecule has 0 unspecified atom stereocenters. The van der Waals surface area contributed by atoms with Crippen LogP contribution in [0.2, 0.25) is 0 Å². The Morgan fingerprint density at radius 1 is 1.27 bits per heavy atom. The first-order chi connectivity index (χ1) is 10.5. The third-order valence-electron chi connectivity index (χ3n) is 3.88. The van der Waals surface area contributed by atoms with E-state index in [1.54, 1.807) is 0 Å². The Balaban J connectivity index is 1.80. The predicted octanol–water partition coefficient (Wildman–Crippen LogP) is 2.03. The number of benzene rings is 1. The SMILES string of the molecule is NC(=O)c1cc(S(=O)(=O)N2CC[C@H](c3ccccc3)C2)cs1. The van der Waals surface area contributed by atoms with Crippen molar-refractivity contribution in [3.63, 3.8) is 0 Å². The fourth-order valence-corrected chi connectivity index (χ4v) is 5.29. The molecule has 1 amide bonds. The molecule has 0 saturated carbocycles. The topological polar surface area (TPSA) is 80.5 Å². The van der Waals surface area contributed by atoms with Gasteiger partial charge in [-0.25, -0.2) is 8.42 Å². The molecule has 3 rings (SSSR count). The van der Waals surface area contributed by atoms with Crippen molar-refractivity contribution >= 4 is 27.3 Å². The van der Waals surface area contributed by atoms with Crippen LogP contribution >= 0.6 is 11.3 Å². The van der Waals surface area contributed by atoms with Crippen LogP contribution in [0.4, 0.5) is 0 Å². The molecule has 7 heteroatoms. The van der Waals surface area contributed by atoms with Gasteiger partial charge in [-0.1, -0.05) is 30.3 Å². The average molecular weight is 336 g/mol. The fraction of sp³-hybridized carbons (Fsp3) is 0.267. The Hall–Kier alpha value is -1.70. The summed E-state index contributed by atoms with van der Waals surface area (Å²) in [5.74, 6) is -0.389. The van der Waals surface area contributed by atoms with E-state index < -0.39 is 15.9 Å². The highest BCUT2D eigenvalue weighted by Crippen LogP contribution is 2.32. The van der Waals surface area contributed by atoms with Crippen LogP contribution in [0, 0.1) is 0 Å². The standard InChI is InChI=1S/C15H16N2O3S2/c16-15(18)14-8-13(10-21-14)22(19,20)17-7-6-12(9-17)11-4-2-1-3-5-11/h1-5,8,10,12H,6-7,9H2,(H2,16,18)/t12-/m0/s1. The molecule has 1 aromatic heterocycles. The van der Waals surface area contributed by atoms with E-state index >= 15 is 0 Å². The summed E-state index contributed by atoms with van der Waals surface area (Å²) in [6.45, 7) is 0.956. The smallest absolute Gasteiger partial charge is 0.258 e. The first-order valence-corrected chi connectivity index (χ1v) is 9.24. The summed E-state index contributed by atoms with van der Waals surface area (Å²) in [5.41, 5.74) is 6.34. The van der Waals surface area contributed by atoms with Crippen LogP contribution in [0.5, 0.6) is 0 Å². The lowest BCUT2D eigenvalue weighted by atomic mass is 9.99. The molecule has 1 atom stereocenters. The quantitative estimate of drug-likeness (QED) is 0.927. The van der Waals surface area contributed by atoms with E-state index in [0.717, 1.165) is 23.3 Å². The number of hydrogen-bond acceptors (Lipinski definition) is 4. The van der Waals surface area contributed by atoms with Crippen molar-refractivity contribution in [1.29, 1.82) is 0 Å². The molecule has 2 N–H and O–H groups in total. The molecule has 1 aliphatic rings. The van der Waals surface area contributed by atoms with Crippen molar-refractivity contribution in [1.82, 2.24) is 4.31 Å². The third kappa shape index (κ3) is 2.79. The molecule has 2 heterocycles. The summed E-state index contributed by atoms with van der Waals surface area (Å²) in [5, 5.41) is 1.48. The minimum atomic E-state index is -3.56. The van der Waals surface area contributed by atoms with Crippen LogP contribution < -0.4 is 5.73 Å². The van der Waals surface area contributed by atoms with Gasteiger partial charge in [0.1, 0.15) is 0 Å². The van der Waals surface area contributed by atoms with Gasteiger partial charge >= 0.3 is 0 Å². The summed E-state index contributed by atoms with van der Waals surface area (Å²) < 4.78 is 26.7. The van der Waals surface area contributed by atoms with Gasteiger partial charge in [-0.05, 0) is 24.0 Å². The second-order valence-electron chi connectivity index (χ2n) is 5.27. The van der Waals surface area contributed by atoms with Crippen molar-refractivity contribution < 1.29 is 13.2 Å². The number of nitrogens with zero attached hydrogens (tertiary/aromatic N) is 1. The molecule has 0 bridgehead atoms. The maximum absolute atomic E-state index is 12.6. The lowest BCUT2D eigenvalue weighted by Crippen LogP contribution is -2.28. The van der Waals surface area contributed by atoms with Gasteiger partial charge < -0.3 is 5.73 Å². The second-order valence-corrected chi connectivity index (χ2v) is 8.12. The van der Waals surface area contributed by atoms with Crippen LogP contribution in [-0.2, 0) is 10.0 Å². The number of primary amides is 1. The molecule has 0 aliphatic carbocycles. The molecular weight excluding hydrogens is 320 g/mol. The monoisotopic (exact) mass is 336 g/mol. The van der Waals surface area contributed by atoms with Crippen molar-refractivity contribution in [2.75, 3.05) is 13.1 Å². The molecule has 0 radical (unpaired) electrons. The Labute approximate surface area is 133 Å². The van der Waals surface area contributed by atoms with Gasteiger partial charge in [0.2, 0.25) is 10.0 Å². The summed E-state index contributed by atoms with van der Waals surface area (Å²) in [7, 11) is -3.56. The van der Waals surface area contributed by atoms with E-state index in [9.17, 15) is 13.2 Å². The van der Waals surface area contributed by atoms with Gasteiger partial charge in [-0.3, -0.25) is 4.79 Å². The van der Waals surface area contributed by atoms with E-state index in [1.807, 2.05) is 30.3 Å². The van der Waals surface area contributed by atoms with Crippen molar-refractivity contribution in [3.8, 4) is 0 Å². The number of carbonyl (C=O) groups excluding carboxylic acids is 1. The number of carbonyl (C=O) groups is 1. The lowest BCUT2D eigenvalue weighted by Gasteiger charge is -2.15. The summed E-state index contributed by atoms with van der Waals surface area (Å²) in [4.78, 5) is 11.5. The van der Waals surface area contributed by atoms with Crippen LogP contribution in [0.25, 0.3) is 0 Å². The normalized spacial score (nSPS) is 19.4. The number of nitrogens with two attached hydrogens (primary N) is 1. The van der Waals surface area contributed by atoms with Gasteiger partial charge in [0.15, 0.2) is 0 Å². The van der Waals surface area contributed by atoms with Crippen molar-refractivity contribution in [2.45, 2.75) is 17.2 Å². The highest BCUT2D eigenvalue weighted by Gasteiger charge is 2.33. The Kier molecular flexibility index (Phi) is 4.03. The largest absolute Gasteiger partial charge is 0.365 e. The Morgan fingerprint density at radius 3 is 2.64 bits per heavy atom. The Bertz CT molecular complexity index is 784. The highest BCUT2D eigenvalue weighted by molar-refractivity contribution is 7.89. The van der Waals surface area contributed by atoms with Gasteiger partial charge in [-0.15, -0.1) is 11.3 Å². The van der Waals surface area contributed by atoms with Crippen LogP contribution in [0.3, 0.4) is 0 Å². The first kappa shape index (κ1) is 15.2. The minimum absolute atomic E-state index is 0.153. The summed E-state index contributed by atoms with van der Waals surface area (Å²) >= 11 is 1.06. The van der Waals surface area contributed by atoms with Crippen LogP contribution in [0.15, 0.2) is 46.7 Å². The second kappa shape index (κ2) is 5.83. The number of amides is 1. The minimum Gasteiger partial charge on any atom is -0.365 e. The molecule has 1 saturated heterocycles. The van der Waals surface area contributed by atoms with E-state index in [-0.39, 0.29) is 15.7 Å². The molecule has 1 fully saturated rings. The third-order valence-corrected chi connectivity index (χ3v) is 6.81. The molecule has 116 valence electrons. The summed E-state index contributed by atoms with van der Waals surface area (Å²) in [6, 6.07) is 11.3. The van der Waals surface area contributed by atoms with E-state index in [1.165, 1.54) is 15.8 Å². The highest BCUT2D eigenvalue weighted by atomic mass is 32.2. The molecule has 1 aromatic carbocycles. The number of thiophene rings is 1. The van der Waals surface area contributed by atoms with E-state index in [4.69, 9.17) is 5.73 Å². The first-order valence-electron chi connectivity index (χ1n) is 6.92.